The summed E-state index contributed by atoms with van der Waals surface area (Å²) in [6.07, 6.45) is 38.4. The largest absolute Gasteiger partial charge is 0.466 e. The molecule has 0 unspecified atom stereocenters. The van der Waals surface area contributed by atoms with Gasteiger partial charge in [0.05, 0.1) is 13.2 Å². The van der Waals surface area contributed by atoms with Crippen LogP contribution in [-0.2, 0) is 19.1 Å². The molecule has 6 nitrogen and oxygen atoms in total. The van der Waals surface area contributed by atoms with Crippen LogP contribution in [0, 0.1) is 0 Å². The molecule has 0 aliphatic carbocycles. The van der Waals surface area contributed by atoms with E-state index in [1.807, 2.05) is 0 Å². The maximum atomic E-state index is 12.7. The zero-order chi connectivity index (χ0) is 36.6. The summed E-state index contributed by atoms with van der Waals surface area (Å²) in [5.41, 5.74) is 0. The minimum absolute atomic E-state index is 0.00894. The van der Waals surface area contributed by atoms with Gasteiger partial charge in [-0.05, 0) is 77.3 Å². The first-order valence-electron chi connectivity index (χ1n) is 22.3. The molecule has 6 heteroatoms. The van der Waals surface area contributed by atoms with Crippen LogP contribution in [0.3, 0.4) is 0 Å². The van der Waals surface area contributed by atoms with Gasteiger partial charge in [0.25, 0.3) is 0 Å². The molecule has 0 radical (unpaired) electrons. The van der Waals surface area contributed by atoms with Gasteiger partial charge in [-0.1, -0.05) is 156 Å². The van der Waals surface area contributed by atoms with Gasteiger partial charge in [-0.3, -0.25) is 9.59 Å². The molecular formula is C44H87NO5. The van der Waals surface area contributed by atoms with Crippen molar-refractivity contribution in [3.8, 4) is 0 Å². The molecule has 0 aromatic heterocycles. The maximum absolute atomic E-state index is 12.7. The van der Waals surface area contributed by atoms with E-state index in [-0.39, 0.29) is 24.6 Å². The lowest BCUT2D eigenvalue weighted by molar-refractivity contribution is -0.150. The third kappa shape index (κ3) is 36.6. The molecule has 0 spiro atoms. The summed E-state index contributed by atoms with van der Waals surface area (Å²) < 4.78 is 11.5. The molecule has 0 aliphatic heterocycles. The van der Waals surface area contributed by atoms with Crippen LogP contribution in [-0.4, -0.2) is 60.9 Å². The van der Waals surface area contributed by atoms with Crippen molar-refractivity contribution in [2.75, 3.05) is 32.8 Å². The Hall–Kier alpha value is -1.14. The highest BCUT2D eigenvalue weighted by molar-refractivity contribution is 5.69. The highest BCUT2D eigenvalue weighted by Crippen LogP contribution is 2.18. The number of rotatable bonds is 41. The van der Waals surface area contributed by atoms with Crippen LogP contribution >= 0.6 is 0 Å². The van der Waals surface area contributed by atoms with E-state index >= 15 is 0 Å². The average Bonchev–Trinajstić information content (AvgIpc) is 3.11. The Morgan fingerprint density at radius 3 is 1.30 bits per heavy atom. The molecule has 0 aromatic rings. The SMILES string of the molecule is CCCCCCCCCCCC(=O)OCCCCCN(CCO)CCCCCCCC(=O)OC(CCCCCCCC)CCCCCCCC. The van der Waals surface area contributed by atoms with Crippen LogP contribution in [0.4, 0.5) is 0 Å². The van der Waals surface area contributed by atoms with Crippen molar-refractivity contribution < 1.29 is 24.2 Å². The molecule has 0 heterocycles. The number of carbonyl (C=O) groups is 2. The van der Waals surface area contributed by atoms with Crippen molar-refractivity contribution in [1.29, 1.82) is 0 Å². The van der Waals surface area contributed by atoms with Gasteiger partial charge in [0.1, 0.15) is 6.10 Å². The number of hydrogen-bond donors (Lipinski definition) is 1. The molecule has 0 saturated heterocycles. The zero-order valence-electron chi connectivity index (χ0n) is 34.0. The molecule has 0 aromatic carbocycles. The summed E-state index contributed by atoms with van der Waals surface area (Å²) >= 11 is 0. The van der Waals surface area contributed by atoms with Gasteiger partial charge in [-0.2, -0.15) is 0 Å². The molecule has 0 rings (SSSR count). The number of aliphatic hydroxyl groups is 1. The van der Waals surface area contributed by atoms with E-state index in [9.17, 15) is 14.7 Å². The number of carbonyl (C=O) groups excluding carboxylic acids is 2. The van der Waals surface area contributed by atoms with Crippen LogP contribution in [0.15, 0.2) is 0 Å². The molecule has 0 amide bonds. The lowest BCUT2D eigenvalue weighted by Crippen LogP contribution is -2.29. The predicted octanol–water partition coefficient (Wildman–Crippen LogP) is 12.7. The highest BCUT2D eigenvalue weighted by atomic mass is 16.5. The Morgan fingerprint density at radius 2 is 0.840 bits per heavy atom. The average molecular weight is 710 g/mol. The molecule has 298 valence electrons. The van der Waals surface area contributed by atoms with Gasteiger partial charge < -0.3 is 19.5 Å². The fraction of sp³-hybridized carbons (Fsp3) is 0.955. The number of ether oxygens (including phenoxy) is 2. The lowest BCUT2D eigenvalue weighted by Gasteiger charge is -2.21. The standard InChI is InChI=1S/C44H87NO5/c1-4-7-10-13-16-17-18-22-28-35-43(47)49-41-32-25-31-38-45(39-40-46)37-30-24-19-23-29-36-44(48)50-42(33-26-20-14-11-8-5-2)34-27-21-15-12-9-6-3/h42,46H,4-41H2,1-3H3. The van der Waals surface area contributed by atoms with E-state index in [2.05, 4.69) is 25.7 Å². The van der Waals surface area contributed by atoms with E-state index in [0.717, 1.165) is 96.7 Å². The van der Waals surface area contributed by atoms with Crippen LogP contribution in [0.1, 0.15) is 233 Å². The molecule has 0 fully saturated rings. The second-order valence-corrected chi connectivity index (χ2v) is 15.2. The fourth-order valence-electron chi connectivity index (χ4n) is 6.88. The van der Waals surface area contributed by atoms with Crippen molar-refractivity contribution in [3.05, 3.63) is 0 Å². The van der Waals surface area contributed by atoms with Gasteiger partial charge in [-0.15, -0.1) is 0 Å². The third-order valence-electron chi connectivity index (χ3n) is 10.2. The Morgan fingerprint density at radius 1 is 0.460 bits per heavy atom. The Bertz CT molecular complexity index is 686. The van der Waals surface area contributed by atoms with E-state index in [1.165, 1.54) is 122 Å². The molecule has 0 atom stereocenters. The number of unbranched alkanes of at least 4 members (excludes halogenated alkanes) is 24. The number of esters is 2. The van der Waals surface area contributed by atoms with Crippen LogP contribution in [0.25, 0.3) is 0 Å². The smallest absolute Gasteiger partial charge is 0.306 e. The quantitative estimate of drug-likeness (QED) is 0.0503. The van der Waals surface area contributed by atoms with E-state index in [1.54, 1.807) is 0 Å². The van der Waals surface area contributed by atoms with Crippen molar-refractivity contribution >= 4 is 11.9 Å². The molecule has 0 aliphatic rings. The molecule has 0 bridgehead atoms. The lowest BCUT2D eigenvalue weighted by atomic mass is 10.0. The molecule has 50 heavy (non-hydrogen) atoms. The van der Waals surface area contributed by atoms with Crippen LogP contribution in [0.5, 0.6) is 0 Å². The van der Waals surface area contributed by atoms with Gasteiger partial charge in [0.15, 0.2) is 0 Å². The topological polar surface area (TPSA) is 76.1 Å². The molecule has 0 saturated carbocycles. The number of aliphatic hydroxyl groups excluding tert-OH is 1. The third-order valence-corrected chi connectivity index (χ3v) is 10.2. The minimum atomic E-state index is -0.0389. The van der Waals surface area contributed by atoms with E-state index < -0.39 is 0 Å². The summed E-state index contributed by atoms with van der Waals surface area (Å²) in [7, 11) is 0. The van der Waals surface area contributed by atoms with Crippen molar-refractivity contribution in [2.24, 2.45) is 0 Å². The second kappa shape index (κ2) is 40.6. The minimum Gasteiger partial charge on any atom is -0.466 e. The van der Waals surface area contributed by atoms with Gasteiger partial charge in [0.2, 0.25) is 0 Å². The molecular weight excluding hydrogens is 622 g/mol. The zero-order valence-corrected chi connectivity index (χ0v) is 34.0. The van der Waals surface area contributed by atoms with Crippen LogP contribution in [0.2, 0.25) is 0 Å². The van der Waals surface area contributed by atoms with Gasteiger partial charge in [-0.25, -0.2) is 0 Å². The Labute approximate surface area is 312 Å². The summed E-state index contributed by atoms with van der Waals surface area (Å²) in [4.78, 5) is 27.1. The highest BCUT2D eigenvalue weighted by Gasteiger charge is 2.14. The normalized spacial score (nSPS) is 11.6. The van der Waals surface area contributed by atoms with Gasteiger partial charge in [0, 0.05) is 19.4 Å². The first kappa shape index (κ1) is 48.9. The van der Waals surface area contributed by atoms with Crippen molar-refractivity contribution in [1.82, 2.24) is 4.90 Å². The summed E-state index contributed by atoms with van der Waals surface area (Å²) in [6.45, 7) is 10.2. The maximum Gasteiger partial charge on any atom is 0.306 e. The molecule has 1 N–H and O–H groups in total. The van der Waals surface area contributed by atoms with E-state index in [4.69, 9.17) is 9.47 Å². The summed E-state index contributed by atoms with van der Waals surface area (Å²) in [5.74, 6) is -0.0300. The predicted molar refractivity (Wildman–Crippen MR) is 214 cm³/mol. The summed E-state index contributed by atoms with van der Waals surface area (Å²) in [5, 5.41) is 9.53. The second-order valence-electron chi connectivity index (χ2n) is 15.2. The Balaban J connectivity index is 3.95. The van der Waals surface area contributed by atoms with E-state index in [0.29, 0.717) is 19.4 Å². The first-order chi connectivity index (χ1) is 24.6. The van der Waals surface area contributed by atoms with Crippen molar-refractivity contribution in [2.45, 2.75) is 239 Å². The number of nitrogens with zero attached hydrogens (tertiary/aromatic N) is 1. The summed E-state index contributed by atoms with van der Waals surface area (Å²) in [6, 6.07) is 0. The first-order valence-corrected chi connectivity index (χ1v) is 22.3. The van der Waals surface area contributed by atoms with Crippen LogP contribution < -0.4 is 0 Å². The fourth-order valence-corrected chi connectivity index (χ4v) is 6.88. The number of hydrogen-bond acceptors (Lipinski definition) is 6. The Kier molecular flexibility index (Phi) is 39.7. The van der Waals surface area contributed by atoms with Crippen molar-refractivity contribution in [3.63, 3.8) is 0 Å². The monoisotopic (exact) mass is 710 g/mol. The van der Waals surface area contributed by atoms with Gasteiger partial charge >= 0.3 is 11.9 Å².